The summed E-state index contributed by atoms with van der Waals surface area (Å²) in [6, 6.07) is 12.6. The summed E-state index contributed by atoms with van der Waals surface area (Å²) >= 11 is 0. The molecular weight excluding hydrogens is 362 g/mol. The summed E-state index contributed by atoms with van der Waals surface area (Å²) in [7, 11) is 1.60. The highest BCUT2D eigenvalue weighted by Gasteiger charge is 2.19. The van der Waals surface area contributed by atoms with E-state index in [1.54, 1.807) is 32.2 Å². The summed E-state index contributed by atoms with van der Waals surface area (Å²) < 4.78 is 21.3. The summed E-state index contributed by atoms with van der Waals surface area (Å²) in [5.74, 6) is 1.14. The lowest BCUT2D eigenvalue weighted by Gasteiger charge is -2.19. The summed E-state index contributed by atoms with van der Waals surface area (Å²) in [4.78, 5) is 24.3. The van der Waals surface area contributed by atoms with Gasteiger partial charge in [-0.3, -0.25) is 9.59 Å². The molecule has 0 bridgehead atoms. The maximum absolute atomic E-state index is 12.3. The van der Waals surface area contributed by atoms with Crippen LogP contribution >= 0.6 is 0 Å². The Morgan fingerprint density at radius 1 is 1.07 bits per heavy atom. The van der Waals surface area contributed by atoms with Crippen LogP contribution in [0.4, 0.5) is 5.69 Å². The van der Waals surface area contributed by atoms with Crippen LogP contribution in [-0.4, -0.2) is 38.3 Å². The first-order valence-corrected chi connectivity index (χ1v) is 9.08. The number of rotatable bonds is 7. The van der Waals surface area contributed by atoms with E-state index >= 15 is 0 Å². The molecule has 148 valence electrons. The molecule has 1 N–H and O–H groups in total. The van der Waals surface area contributed by atoms with Gasteiger partial charge in [-0.25, -0.2) is 0 Å². The van der Waals surface area contributed by atoms with Crippen LogP contribution < -0.4 is 19.5 Å². The molecule has 0 radical (unpaired) electrons. The van der Waals surface area contributed by atoms with E-state index in [1.807, 2.05) is 24.3 Å². The quantitative estimate of drug-likeness (QED) is 0.738. The Hall–Kier alpha value is -3.22. The Labute approximate surface area is 163 Å². The van der Waals surface area contributed by atoms with Gasteiger partial charge < -0.3 is 24.3 Å². The average molecular weight is 385 g/mol. The lowest BCUT2D eigenvalue weighted by molar-refractivity contribution is -0.153. The van der Waals surface area contributed by atoms with Crippen LogP contribution in [0.25, 0.3) is 0 Å². The van der Waals surface area contributed by atoms with Gasteiger partial charge in [0.05, 0.1) is 7.11 Å². The minimum absolute atomic E-state index is 0.188. The molecule has 3 rings (SSSR count). The summed E-state index contributed by atoms with van der Waals surface area (Å²) in [5.41, 5.74) is 1.54. The Kier molecular flexibility index (Phi) is 6.37. The number of esters is 1. The highest BCUT2D eigenvalue weighted by molar-refractivity contribution is 5.95. The van der Waals surface area contributed by atoms with Crippen molar-refractivity contribution in [2.24, 2.45) is 0 Å². The molecule has 0 saturated heterocycles. The maximum atomic E-state index is 12.3. The SMILES string of the molecule is COc1ccc(CCC(=O)O[C@@H](C)C(=O)Nc2ccc3c(c2)OCCO3)cc1. The number of hydrogen-bond acceptors (Lipinski definition) is 6. The predicted molar refractivity (Wildman–Crippen MR) is 103 cm³/mol. The molecule has 0 aliphatic carbocycles. The third-order valence-electron chi connectivity index (χ3n) is 4.26. The first-order valence-electron chi connectivity index (χ1n) is 9.08. The molecule has 1 aliphatic heterocycles. The second-order valence-corrected chi connectivity index (χ2v) is 6.33. The fourth-order valence-electron chi connectivity index (χ4n) is 2.71. The van der Waals surface area contributed by atoms with Crippen molar-refractivity contribution in [1.82, 2.24) is 0 Å². The van der Waals surface area contributed by atoms with E-state index in [0.29, 0.717) is 36.8 Å². The normalized spacial score (nSPS) is 13.4. The van der Waals surface area contributed by atoms with Gasteiger partial charge in [0, 0.05) is 18.2 Å². The largest absolute Gasteiger partial charge is 0.497 e. The van der Waals surface area contributed by atoms with E-state index in [-0.39, 0.29) is 6.42 Å². The molecule has 1 heterocycles. The van der Waals surface area contributed by atoms with Gasteiger partial charge in [-0.2, -0.15) is 0 Å². The number of benzene rings is 2. The highest BCUT2D eigenvalue weighted by Crippen LogP contribution is 2.32. The van der Waals surface area contributed by atoms with E-state index in [9.17, 15) is 9.59 Å². The van der Waals surface area contributed by atoms with Crippen LogP contribution in [0.2, 0.25) is 0 Å². The summed E-state index contributed by atoms with van der Waals surface area (Å²) in [6.45, 7) is 2.51. The van der Waals surface area contributed by atoms with Gasteiger partial charge >= 0.3 is 5.97 Å². The molecule has 0 unspecified atom stereocenters. The van der Waals surface area contributed by atoms with Crippen LogP contribution in [0.3, 0.4) is 0 Å². The molecule has 1 atom stereocenters. The van der Waals surface area contributed by atoms with Crippen LogP contribution in [0.1, 0.15) is 18.9 Å². The van der Waals surface area contributed by atoms with Crippen molar-refractivity contribution >= 4 is 17.6 Å². The van der Waals surface area contributed by atoms with Gasteiger partial charge in [-0.15, -0.1) is 0 Å². The Morgan fingerprint density at radius 3 is 2.50 bits per heavy atom. The number of carbonyl (C=O) groups excluding carboxylic acids is 2. The van der Waals surface area contributed by atoms with E-state index in [2.05, 4.69) is 5.32 Å². The first-order chi connectivity index (χ1) is 13.5. The summed E-state index contributed by atoms with van der Waals surface area (Å²) in [6.07, 6.45) is -0.190. The van der Waals surface area contributed by atoms with Crippen molar-refractivity contribution in [2.45, 2.75) is 25.9 Å². The van der Waals surface area contributed by atoms with Crippen molar-refractivity contribution in [1.29, 1.82) is 0 Å². The molecule has 1 amide bonds. The molecule has 1 aliphatic rings. The van der Waals surface area contributed by atoms with Crippen molar-refractivity contribution in [3.8, 4) is 17.2 Å². The van der Waals surface area contributed by atoms with Gasteiger partial charge in [0.15, 0.2) is 17.6 Å². The van der Waals surface area contributed by atoms with E-state index < -0.39 is 18.0 Å². The number of nitrogens with one attached hydrogen (secondary N) is 1. The van der Waals surface area contributed by atoms with E-state index in [1.165, 1.54) is 0 Å². The van der Waals surface area contributed by atoms with Crippen LogP contribution in [0, 0.1) is 0 Å². The number of hydrogen-bond donors (Lipinski definition) is 1. The van der Waals surface area contributed by atoms with Crippen molar-refractivity contribution in [3.63, 3.8) is 0 Å². The zero-order chi connectivity index (χ0) is 19.9. The van der Waals surface area contributed by atoms with Crippen LogP contribution in [0.5, 0.6) is 17.2 Å². The van der Waals surface area contributed by atoms with Crippen molar-refractivity contribution in [3.05, 3.63) is 48.0 Å². The molecule has 28 heavy (non-hydrogen) atoms. The average Bonchev–Trinajstić information content (AvgIpc) is 2.72. The van der Waals surface area contributed by atoms with Crippen LogP contribution in [0.15, 0.2) is 42.5 Å². The fourth-order valence-corrected chi connectivity index (χ4v) is 2.71. The summed E-state index contributed by atoms with van der Waals surface area (Å²) in [5, 5.41) is 2.72. The van der Waals surface area contributed by atoms with Crippen molar-refractivity contribution in [2.75, 3.05) is 25.6 Å². The van der Waals surface area contributed by atoms with Gasteiger partial charge in [0.2, 0.25) is 0 Å². The smallest absolute Gasteiger partial charge is 0.306 e. The van der Waals surface area contributed by atoms with Crippen molar-refractivity contribution < 1.29 is 28.5 Å². The topological polar surface area (TPSA) is 83.1 Å². The highest BCUT2D eigenvalue weighted by atomic mass is 16.6. The van der Waals surface area contributed by atoms with E-state index in [4.69, 9.17) is 18.9 Å². The number of amides is 1. The van der Waals surface area contributed by atoms with Gasteiger partial charge in [0.1, 0.15) is 19.0 Å². The number of fused-ring (bicyclic) bond motifs is 1. The molecule has 0 fully saturated rings. The lowest BCUT2D eigenvalue weighted by Crippen LogP contribution is -2.30. The zero-order valence-corrected chi connectivity index (χ0v) is 15.9. The monoisotopic (exact) mass is 385 g/mol. The number of anilines is 1. The molecule has 0 spiro atoms. The van der Waals surface area contributed by atoms with Gasteiger partial charge in [-0.05, 0) is 43.2 Å². The molecule has 0 saturated carbocycles. The Bertz CT molecular complexity index is 833. The Balaban J connectivity index is 1.47. The van der Waals surface area contributed by atoms with Crippen LogP contribution in [-0.2, 0) is 20.7 Å². The molecule has 0 aromatic heterocycles. The molecular formula is C21H23NO6. The molecule has 2 aromatic carbocycles. The second-order valence-electron chi connectivity index (χ2n) is 6.33. The Morgan fingerprint density at radius 2 is 1.79 bits per heavy atom. The zero-order valence-electron chi connectivity index (χ0n) is 15.9. The number of aryl methyl sites for hydroxylation is 1. The molecule has 7 heteroatoms. The number of methoxy groups -OCH3 is 1. The first kappa shape index (κ1) is 19.5. The molecule has 7 nitrogen and oxygen atoms in total. The predicted octanol–water partition coefficient (Wildman–Crippen LogP) is 2.97. The standard InChI is InChI=1S/C21H23NO6/c1-14(28-20(23)10-5-15-3-7-17(25-2)8-4-15)21(24)22-16-6-9-18-19(13-16)27-12-11-26-18/h3-4,6-9,13-14H,5,10-12H2,1-2H3,(H,22,24)/t14-/m0/s1. The third-order valence-corrected chi connectivity index (χ3v) is 4.26. The lowest BCUT2D eigenvalue weighted by atomic mass is 10.1. The number of carbonyl (C=O) groups is 2. The maximum Gasteiger partial charge on any atom is 0.306 e. The van der Waals surface area contributed by atoms with E-state index in [0.717, 1.165) is 11.3 Å². The number of ether oxygens (including phenoxy) is 4. The minimum atomic E-state index is -0.906. The third kappa shape index (κ3) is 5.16. The molecule has 2 aromatic rings. The van der Waals surface area contributed by atoms with Gasteiger partial charge in [0.25, 0.3) is 5.91 Å². The second kappa shape index (κ2) is 9.12. The fraction of sp³-hybridized carbons (Fsp3) is 0.333. The minimum Gasteiger partial charge on any atom is -0.497 e. The van der Waals surface area contributed by atoms with Gasteiger partial charge in [-0.1, -0.05) is 12.1 Å².